The van der Waals surface area contributed by atoms with E-state index < -0.39 is 6.10 Å². The summed E-state index contributed by atoms with van der Waals surface area (Å²) in [5.41, 5.74) is 3.03. The summed E-state index contributed by atoms with van der Waals surface area (Å²) in [6, 6.07) is 13.2. The molecule has 5 heteroatoms. The summed E-state index contributed by atoms with van der Waals surface area (Å²) in [7, 11) is 0. The molecule has 0 aliphatic heterocycles. The normalized spacial score (nSPS) is 15.4. The van der Waals surface area contributed by atoms with Gasteiger partial charge in [0, 0.05) is 6.04 Å². The van der Waals surface area contributed by atoms with Gasteiger partial charge in [0.05, 0.1) is 11.3 Å². The Hall–Kier alpha value is -2.82. The molecule has 2 aromatic rings. The van der Waals surface area contributed by atoms with Crippen molar-refractivity contribution in [1.29, 1.82) is 0 Å². The number of nitrogens with one attached hydrogen (secondary N) is 2. The lowest BCUT2D eigenvalue weighted by molar-refractivity contribution is -0.122. The van der Waals surface area contributed by atoms with E-state index in [9.17, 15) is 9.59 Å². The van der Waals surface area contributed by atoms with Gasteiger partial charge in [-0.2, -0.15) is 0 Å². The molecule has 1 fully saturated rings. The number of ether oxygens (including phenoxy) is 1. The van der Waals surface area contributed by atoms with E-state index in [1.807, 2.05) is 44.2 Å². The van der Waals surface area contributed by atoms with Gasteiger partial charge < -0.3 is 15.4 Å². The maximum atomic E-state index is 12.8. The third-order valence-corrected chi connectivity index (χ3v) is 5.39. The lowest BCUT2D eigenvalue weighted by atomic mass is 9.95. The SMILES string of the molecule is Cc1ccc(C)c(OC(C)C(=O)Nc2ccccc2C(=O)NC2CCCCC2)c1. The number of benzene rings is 2. The molecule has 3 rings (SSSR count). The topological polar surface area (TPSA) is 67.4 Å². The molecule has 29 heavy (non-hydrogen) atoms. The van der Waals surface area contributed by atoms with E-state index in [0.29, 0.717) is 17.0 Å². The van der Waals surface area contributed by atoms with Gasteiger partial charge in [-0.15, -0.1) is 0 Å². The van der Waals surface area contributed by atoms with Gasteiger partial charge in [0.1, 0.15) is 5.75 Å². The fourth-order valence-electron chi connectivity index (χ4n) is 3.61. The van der Waals surface area contributed by atoms with Crippen LogP contribution >= 0.6 is 0 Å². The Morgan fingerprint density at radius 2 is 1.76 bits per heavy atom. The summed E-state index contributed by atoms with van der Waals surface area (Å²) in [6.45, 7) is 5.64. The summed E-state index contributed by atoms with van der Waals surface area (Å²) in [5.74, 6) is 0.260. The van der Waals surface area contributed by atoms with Crippen molar-refractivity contribution in [1.82, 2.24) is 5.32 Å². The quantitative estimate of drug-likeness (QED) is 0.741. The third-order valence-electron chi connectivity index (χ3n) is 5.39. The van der Waals surface area contributed by atoms with Crippen LogP contribution in [0.25, 0.3) is 0 Å². The molecule has 1 atom stereocenters. The monoisotopic (exact) mass is 394 g/mol. The van der Waals surface area contributed by atoms with Crippen LogP contribution in [0.2, 0.25) is 0 Å². The average Bonchev–Trinajstić information content (AvgIpc) is 2.71. The lowest BCUT2D eigenvalue weighted by Gasteiger charge is -2.23. The van der Waals surface area contributed by atoms with Gasteiger partial charge in [-0.1, -0.05) is 43.5 Å². The second-order valence-electron chi connectivity index (χ2n) is 7.87. The van der Waals surface area contributed by atoms with E-state index in [1.54, 1.807) is 19.1 Å². The zero-order valence-electron chi connectivity index (χ0n) is 17.5. The molecule has 1 saturated carbocycles. The van der Waals surface area contributed by atoms with Crippen molar-refractivity contribution in [3.05, 3.63) is 59.2 Å². The standard InChI is InChI=1S/C24H30N2O3/c1-16-13-14-17(2)22(15-16)29-18(3)23(27)26-21-12-8-7-11-20(21)24(28)25-19-9-5-4-6-10-19/h7-8,11-15,18-19H,4-6,9-10H2,1-3H3,(H,25,28)(H,26,27). The van der Waals surface area contributed by atoms with Gasteiger partial charge in [0.15, 0.2) is 6.10 Å². The number of rotatable bonds is 6. The minimum atomic E-state index is -0.690. The fourth-order valence-corrected chi connectivity index (χ4v) is 3.61. The Morgan fingerprint density at radius 3 is 2.52 bits per heavy atom. The van der Waals surface area contributed by atoms with Crippen LogP contribution in [-0.4, -0.2) is 24.0 Å². The Bertz CT molecular complexity index is 872. The Balaban J connectivity index is 1.66. The van der Waals surface area contributed by atoms with E-state index in [-0.39, 0.29) is 17.9 Å². The number of aryl methyl sites for hydroxylation is 2. The molecule has 0 saturated heterocycles. The predicted octanol–water partition coefficient (Wildman–Crippen LogP) is 4.77. The molecule has 154 valence electrons. The first-order chi connectivity index (χ1) is 13.9. The summed E-state index contributed by atoms with van der Waals surface area (Å²) >= 11 is 0. The van der Waals surface area contributed by atoms with Crippen molar-refractivity contribution in [2.75, 3.05) is 5.32 Å². The molecule has 1 unspecified atom stereocenters. The maximum Gasteiger partial charge on any atom is 0.265 e. The second-order valence-corrected chi connectivity index (χ2v) is 7.87. The highest BCUT2D eigenvalue weighted by Crippen LogP contribution is 2.22. The molecule has 0 aromatic heterocycles. The van der Waals surface area contributed by atoms with Gasteiger partial charge in [0.2, 0.25) is 0 Å². The zero-order valence-corrected chi connectivity index (χ0v) is 17.5. The Labute approximate surface area is 172 Å². The molecule has 1 aliphatic carbocycles. The van der Waals surface area contributed by atoms with E-state index in [4.69, 9.17) is 4.74 Å². The van der Waals surface area contributed by atoms with E-state index >= 15 is 0 Å². The molecule has 0 spiro atoms. The van der Waals surface area contributed by atoms with Gasteiger partial charge in [-0.05, 0) is 62.9 Å². The highest BCUT2D eigenvalue weighted by molar-refractivity contribution is 6.04. The van der Waals surface area contributed by atoms with Crippen LogP contribution in [0.5, 0.6) is 5.75 Å². The van der Waals surface area contributed by atoms with Crippen LogP contribution in [0.1, 0.15) is 60.5 Å². The van der Waals surface area contributed by atoms with Crippen LogP contribution in [-0.2, 0) is 4.79 Å². The van der Waals surface area contributed by atoms with Crippen molar-refractivity contribution in [2.24, 2.45) is 0 Å². The van der Waals surface area contributed by atoms with E-state index in [0.717, 1.165) is 36.8 Å². The van der Waals surface area contributed by atoms with Crippen LogP contribution in [0.15, 0.2) is 42.5 Å². The summed E-state index contributed by atoms with van der Waals surface area (Å²) < 4.78 is 5.87. The third kappa shape index (κ3) is 5.59. The van der Waals surface area contributed by atoms with Crippen molar-refractivity contribution < 1.29 is 14.3 Å². The van der Waals surface area contributed by atoms with Gasteiger partial charge in [-0.25, -0.2) is 0 Å². The minimum Gasteiger partial charge on any atom is -0.481 e. The molecule has 1 aliphatic rings. The molecule has 0 radical (unpaired) electrons. The number of anilines is 1. The lowest BCUT2D eigenvalue weighted by Crippen LogP contribution is -2.37. The van der Waals surface area contributed by atoms with E-state index in [2.05, 4.69) is 10.6 Å². The number of hydrogen-bond donors (Lipinski definition) is 2. The highest BCUT2D eigenvalue weighted by atomic mass is 16.5. The molecule has 2 N–H and O–H groups in total. The Kier molecular flexibility index (Phi) is 6.91. The number of para-hydroxylation sites is 1. The average molecular weight is 395 g/mol. The molecule has 0 bridgehead atoms. The second kappa shape index (κ2) is 9.59. The van der Waals surface area contributed by atoms with E-state index in [1.165, 1.54) is 6.42 Å². The first-order valence-corrected chi connectivity index (χ1v) is 10.4. The van der Waals surface area contributed by atoms with Crippen LogP contribution in [0.3, 0.4) is 0 Å². The molecule has 5 nitrogen and oxygen atoms in total. The maximum absolute atomic E-state index is 12.8. The number of carbonyl (C=O) groups excluding carboxylic acids is 2. The first-order valence-electron chi connectivity index (χ1n) is 10.4. The molecular weight excluding hydrogens is 364 g/mol. The number of amides is 2. The van der Waals surface area contributed by atoms with Crippen LogP contribution in [0.4, 0.5) is 5.69 Å². The van der Waals surface area contributed by atoms with Gasteiger partial charge >= 0.3 is 0 Å². The molecular formula is C24H30N2O3. The summed E-state index contributed by atoms with van der Waals surface area (Å²) in [5, 5.41) is 5.97. The van der Waals surface area contributed by atoms with Gasteiger partial charge in [0.25, 0.3) is 11.8 Å². The van der Waals surface area contributed by atoms with Gasteiger partial charge in [-0.3, -0.25) is 9.59 Å². The van der Waals surface area contributed by atoms with Crippen LogP contribution in [0, 0.1) is 13.8 Å². The molecule has 0 heterocycles. The summed E-state index contributed by atoms with van der Waals surface area (Å²) in [6.07, 6.45) is 4.87. The fraction of sp³-hybridized carbons (Fsp3) is 0.417. The van der Waals surface area contributed by atoms with Crippen molar-refractivity contribution in [3.63, 3.8) is 0 Å². The summed E-state index contributed by atoms with van der Waals surface area (Å²) in [4.78, 5) is 25.5. The Morgan fingerprint density at radius 1 is 1.03 bits per heavy atom. The first kappa shape index (κ1) is 20.9. The largest absolute Gasteiger partial charge is 0.481 e. The number of carbonyl (C=O) groups is 2. The van der Waals surface area contributed by atoms with Crippen molar-refractivity contribution >= 4 is 17.5 Å². The highest BCUT2D eigenvalue weighted by Gasteiger charge is 2.21. The van der Waals surface area contributed by atoms with Crippen molar-refractivity contribution in [3.8, 4) is 5.75 Å². The molecule has 2 amide bonds. The van der Waals surface area contributed by atoms with Crippen LogP contribution < -0.4 is 15.4 Å². The smallest absolute Gasteiger partial charge is 0.265 e. The van der Waals surface area contributed by atoms with Crippen molar-refractivity contribution in [2.45, 2.75) is 65.0 Å². The predicted molar refractivity (Wildman–Crippen MR) is 115 cm³/mol. The molecule has 2 aromatic carbocycles. The minimum absolute atomic E-state index is 0.143. The zero-order chi connectivity index (χ0) is 20.8. The number of hydrogen-bond acceptors (Lipinski definition) is 3.